The Bertz CT molecular complexity index is 1010. The van der Waals surface area contributed by atoms with Crippen molar-refractivity contribution in [2.75, 3.05) is 0 Å². The van der Waals surface area contributed by atoms with Crippen molar-refractivity contribution < 1.29 is 0 Å². The standard InChI is InChI=1S/C26H28N2/c1-28-17-22(16-27-28)20-8-7-18-9-10-23(25-15-26(25)11-12-26)24(14-21(18)13-20)19-5-3-2-4-6-19/h2-8,13,16-17,23-25H,9-12,14-15H2,1H3. The fourth-order valence-electron chi connectivity index (χ4n) is 5.99. The van der Waals surface area contributed by atoms with E-state index in [1.165, 1.54) is 49.7 Å². The van der Waals surface area contributed by atoms with E-state index in [2.05, 4.69) is 59.8 Å². The van der Waals surface area contributed by atoms with Crippen LogP contribution in [0.4, 0.5) is 0 Å². The molecule has 0 N–H and O–H groups in total. The van der Waals surface area contributed by atoms with Crippen molar-refractivity contribution in [3.05, 3.63) is 77.6 Å². The minimum Gasteiger partial charge on any atom is -0.275 e. The lowest BCUT2D eigenvalue weighted by Gasteiger charge is -2.26. The molecule has 2 nitrogen and oxygen atoms in total. The van der Waals surface area contributed by atoms with Gasteiger partial charge >= 0.3 is 0 Å². The molecule has 0 bridgehead atoms. The number of hydrogen-bond donors (Lipinski definition) is 0. The SMILES string of the molecule is Cn1cc(-c2ccc3c(c2)CC(c2ccccc2)C(C2CC24CC4)CC3)cn1. The number of nitrogens with zero attached hydrogens (tertiary/aromatic N) is 2. The van der Waals surface area contributed by atoms with E-state index < -0.39 is 0 Å². The van der Waals surface area contributed by atoms with Crippen LogP contribution in [0.2, 0.25) is 0 Å². The summed E-state index contributed by atoms with van der Waals surface area (Å²) in [4.78, 5) is 0. The molecule has 28 heavy (non-hydrogen) atoms. The summed E-state index contributed by atoms with van der Waals surface area (Å²) in [6, 6.07) is 18.5. The first kappa shape index (κ1) is 16.6. The average Bonchev–Trinajstić information content (AvgIpc) is 3.62. The van der Waals surface area contributed by atoms with Crippen LogP contribution in [-0.2, 0) is 19.9 Å². The second-order valence-corrected chi connectivity index (χ2v) is 9.48. The third-order valence-electron chi connectivity index (χ3n) is 7.84. The average molecular weight is 369 g/mol. The largest absolute Gasteiger partial charge is 0.275 e. The summed E-state index contributed by atoms with van der Waals surface area (Å²) in [7, 11) is 1.99. The van der Waals surface area contributed by atoms with Crippen molar-refractivity contribution in [2.45, 2.75) is 44.4 Å². The van der Waals surface area contributed by atoms with E-state index in [1.54, 1.807) is 16.7 Å². The lowest BCUT2D eigenvalue weighted by atomic mass is 9.78. The maximum Gasteiger partial charge on any atom is 0.0568 e. The summed E-state index contributed by atoms with van der Waals surface area (Å²) in [6.45, 7) is 0. The summed E-state index contributed by atoms with van der Waals surface area (Å²) in [5.41, 5.74) is 7.98. The zero-order valence-electron chi connectivity index (χ0n) is 16.6. The van der Waals surface area contributed by atoms with Crippen molar-refractivity contribution in [3.63, 3.8) is 0 Å². The van der Waals surface area contributed by atoms with Gasteiger partial charge in [-0.2, -0.15) is 5.10 Å². The highest BCUT2D eigenvalue weighted by Crippen LogP contribution is 2.74. The van der Waals surface area contributed by atoms with Crippen molar-refractivity contribution in [1.82, 2.24) is 9.78 Å². The summed E-state index contributed by atoms with van der Waals surface area (Å²) < 4.78 is 1.89. The van der Waals surface area contributed by atoms with Crippen LogP contribution in [0.5, 0.6) is 0 Å². The fraction of sp³-hybridized carbons (Fsp3) is 0.423. The zero-order valence-corrected chi connectivity index (χ0v) is 16.6. The molecule has 2 saturated carbocycles. The van der Waals surface area contributed by atoms with Gasteiger partial charge in [0.25, 0.3) is 0 Å². The normalized spacial score (nSPS) is 27.2. The zero-order chi connectivity index (χ0) is 18.7. The van der Waals surface area contributed by atoms with E-state index >= 15 is 0 Å². The number of aromatic nitrogens is 2. The summed E-state index contributed by atoms with van der Waals surface area (Å²) in [5.74, 6) is 2.49. The van der Waals surface area contributed by atoms with E-state index in [-0.39, 0.29) is 0 Å². The molecule has 2 fully saturated rings. The molecular weight excluding hydrogens is 340 g/mol. The Morgan fingerprint density at radius 3 is 2.57 bits per heavy atom. The second-order valence-electron chi connectivity index (χ2n) is 9.48. The maximum absolute atomic E-state index is 4.37. The van der Waals surface area contributed by atoms with Crippen LogP contribution in [0.25, 0.3) is 11.1 Å². The van der Waals surface area contributed by atoms with Crippen molar-refractivity contribution in [2.24, 2.45) is 24.3 Å². The van der Waals surface area contributed by atoms with Crippen LogP contribution < -0.4 is 0 Å². The van der Waals surface area contributed by atoms with Crippen LogP contribution in [0.1, 0.15) is 48.3 Å². The predicted octanol–water partition coefficient (Wildman–Crippen LogP) is 5.78. The van der Waals surface area contributed by atoms with E-state index in [0.29, 0.717) is 5.92 Å². The van der Waals surface area contributed by atoms with Gasteiger partial charge < -0.3 is 0 Å². The van der Waals surface area contributed by atoms with Gasteiger partial charge in [-0.15, -0.1) is 0 Å². The van der Waals surface area contributed by atoms with Crippen LogP contribution >= 0.6 is 0 Å². The molecule has 1 heterocycles. The first-order valence-electron chi connectivity index (χ1n) is 10.9. The van der Waals surface area contributed by atoms with Crippen LogP contribution in [0.15, 0.2) is 60.9 Å². The molecule has 0 aliphatic heterocycles. The molecule has 3 aliphatic carbocycles. The molecule has 1 spiro atoms. The molecule has 3 aliphatic rings. The van der Waals surface area contributed by atoms with Crippen molar-refractivity contribution >= 4 is 0 Å². The Morgan fingerprint density at radius 2 is 1.86 bits per heavy atom. The Balaban J connectivity index is 1.38. The Labute approximate surface area is 167 Å². The molecule has 142 valence electrons. The molecule has 0 radical (unpaired) electrons. The first-order chi connectivity index (χ1) is 13.7. The van der Waals surface area contributed by atoms with Gasteiger partial charge in [0, 0.05) is 18.8 Å². The van der Waals surface area contributed by atoms with Crippen molar-refractivity contribution in [3.8, 4) is 11.1 Å². The van der Waals surface area contributed by atoms with Gasteiger partial charge in [-0.05, 0) is 83.9 Å². The highest BCUT2D eigenvalue weighted by atomic mass is 15.2. The van der Waals surface area contributed by atoms with Gasteiger partial charge in [0.05, 0.1) is 6.20 Å². The highest BCUT2D eigenvalue weighted by Gasteiger charge is 2.65. The molecule has 2 heteroatoms. The van der Waals surface area contributed by atoms with Crippen LogP contribution in [-0.4, -0.2) is 9.78 Å². The number of hydrogen-bond acceptors (Lipinski definition) is 1. The third-order valence-corrected chi connectivity index (χ3v) is 7.84. The van der Waals surface area contributed by atoms with E-state index in [4.69, 9.17) is 0 Å². The van der Waals surface area contributed by atoms with Crippen molar-refractivity contribution in [1.29, 1.82) is 0 Å². The van der Waals surface area contributed by atoms with Crippen LogP contribution in [0.3, 0.4) is 0 Å². The van der Waals surface area contributed by atoms with E-state index in [1.807, 2.05) is 17.9 Å². The molecule has 2 aromatic carbocycles. The Hall–Kier alpha value is -2.35. The number of rotatable bonds is 3. The highest BCUT2D eigenvalue weighted by molar-refractivity contribution is 5.63. The van der Waals surface area contributed by atoms with Crippen LogP contribution in [0, 0.1) is 17.3 Å². The predicted molar refractivity (Wildman–Crippen MR) is 113 cm³/mol. The summed E-state index contributed by atoms with van der Waals surface area (Å²) in [5, 5.41) is 4.37. The van der Waals surface area contributed by atoms with Gasteiger partial charge in [-0.3, -0.25) is 4.68 Å². The fourth-order valence-corrected chi connectivity index (χ4v) is 5.99. The summed E-state index contributed by atoms with van der Waals surface area (Å²) in [6.07, 6.45) is 12.4. The molecule has 3 aromatic rings. The topological polar surface area (TPSA) is 17.8 Å². The molecule has 3 atom stereocenters. The first-order valence-corrected chi connectivity index (χ1v) is 10.9. The third kappa shape index (κ3) is 2.73. The Kier molecular flexibility index (Phi) is 3.60. The quantitative estimate of drug-likeness (QED) is 0.536. The smallest absolute Gasteiger partial charge is 0.0568 e. The van der Waals surface area contributed by atoms with Gasteiger partial charge in [-0.1, -0.05) is 48.5 Å². The summed E-state index contributed by atoms with van der Waals surface area (Å²) >= 11 is 0. The Morgan fingerprint density at radius 1 is 1.00 bits per heavy atom. The lowest BCUT2D eigenvalue weighted by Crippen LogP contribution is -2.17. The van der Waals surface area contributed by atoms with Gasteiger partial charge in [-0.25, -0.2) is 0 Å². The molecular formula is C26H28N2. The van der Waals surface area contributed by atoms with E-state index in [9.17, 15) is 0 Å². The molecule has 1 aromatic heterocycles. The number of fused-ring (bicyclic) bond motifs is 1. The molecule has 0 saturated heterocycles. The lowest BCUT2D eigenvalue weighted by molar-refractivity contribution is 0.337. The van der Waals surface area contributed by atoms with Gasteiger partial charge in [0.1, 0.15) is 0 Å². The monoisotopic (exact) mass is 368 g/mol. The second kappa shape index (κ2) is 6.07. The minimum absolute atomic E-state index is 0.663. The maximum atomic E-state index is 4.37. The molecule has 6 rings (SSSR count). The number of aryl methyl sites for hydroxylation is 2. The number of benzene rings is 2. The van der Waals surface area contributed by atoms with Gasteiger partial charge in [0.2, 0.25) is 0 Å². The molecule has 3 unspecified atom stereocenters. The minimum atomic E-state index is 0.663. The van der Waals surface area contributed by atoms with E-state index in [0.717, 1.165) is 17.3 Å². The van der Waals surface area contributed by atoms with Gasteiger partial charge in [0.15, 0.2) is 0 Å². The molecule has 0 amide bonds.